The summed E-state index contributed by atoms with van der Waals surface area (Å²) in [5, 5.41) is 4.50. The van der Waals surface area contributed by atoms with Gasteiger partial charge in [-0.05, 0) is 54.9 Å². The normalized spacial score (nSPS) is 12.4. The zero-order valence-corrected chi connectivity index (χ0v) is 13.0. The Balaban J connectivity index is 2.26. The largest absolute Gasteiger partial charge is 0.313 e. The molecule has 1 atom stereocenters. The third kappa shape index (κ3) is 3.86. The fourth-order valence-electron chi connectivity index (χ4n) is 2.07. The van der Waals surface area contributed by atoms with E-state index in [1.54, 1.807) is 18.2 Å². The Labute approximate surface area is 132 Å². The van der Waals surface area contributed by atoms with Gasteiger partial charge in [0.2, 0.25) is 0 Å². The second-order valence-electron chi connectivity index (χ2n) is 4.50. The molecule has 0 aromatic heterocycles. The maximum atomic E-state index is 13.2. The number of rotatable bonds is 4. The first-order valence-electron chi connectivity index (χ1n) is 6.07. The monoisotopic (exact) mass is 331 g/mol. The van der Waals surface area contributed by atoms with E-state index in [2.05, 4.69) is 5.32 Å². The predicted octanol–water partition coefficient (Wildman–Crippen LogP) is 5.29. The summed E-state index contributed by atoms with van der Waals surface area (Å²) >= 11 is 17.8. The standard InChI is InChI=1S/C15H13Cl3FN/c1-20-15(10-6-11(16)8-12(17)7-10)5-9-2-3-14(19)13(18)4-9/h2-4,6-8,15,20H,5H2,1H3. The highest BCUT2D eigenvalue weighted by atomic mass is 35.5. The van der Waals surface area contributed by atoms with Crippen LogP contribution in [0.3, 0.4) is 0 Å². The molecule has 0 aliphatic carbocycles. The molecule has 106 valence electrons. The molecule has 0 bridgehead atoms. The Morgan fingerprint density at radius 1 is 1.05 bits per heavy atom. The summed E-state index contributed by atoms with van der Waals surface area (Å²) in [4.78, 5) is 0. The van der Waals surface area contributed by atoms with Gasteiger partial charge in [-0.1, -0.05) is 40.9 Å². The summed E-state index contributed by atoms with van der Waals surface area (Å²) in [6.45, 7) is 0. The van der Waals surface area contributed by atoms with Crippen LogP contribution in [0, 0.1) is 5.82 Å². The SMILES string of the molecule is CNC(Cc1ccc(F)c(Cl)c1)c1cc(Cl)cc(Cl)c1. The van der Waals surface area contributed by atoms with E-state index in [0.29, 0.717) is 16.5 Å². The van der Waals surface area contributed by atoms with Crippen molar-refractivity contribution in [2.75, 3.05) is 7.05 Å². The molecule has 0 heterocycles. The number of likely N-dealkylation sites (N-methyl/N-ethyl adjacent to an activating group) is 1. The minimum atomic E-state index is -0.415. The van der Waals surface area contributed by atoms with Gasteiger partial charge in [-0.15, -0.1) is 0 Å². The van der Waals surface area contributed by atoms with Crippen LogP contribution < -0.4 is 5.32 Å². The fraction of sp³-hybridized carbons (Fsp3) is 0.200. The van der Waals surface area contributed by atoms with E-state index in [1.807, 2.05) is 19.2 Å². The molecule has 0 amide bonds. The van der Waals surface area contributed by atoms with Gasteiger partial charge in [-0.2, -0.15) is 0 Å². The lowest BCUT2D eigenvalue weighted by atomic mass is 9.99. The van der Waals surface area contributed by atoms with Crippen LogP contribution in [0.4, 0.5) is 4.39 Å². The quantitative estimate of drug-likeness (QED) is 0.802. The van der Waals surface area contributed by atoms with E-state index >= 15 is 0 Å². The van der Waals surface area contributed by atoms with Gasteiger partial charge in [-0.25, -0.2) is 4.39 Å². The highest BCUT2D eigenvalue weighted by molar-refractivity contribution is 6.34. The third-order valence-electron chi connectivity index (χ3n) is 3.06. The smallest absolute Gasteiger partial charge is 0.141 e. The van der Waals surface area contributed by atoms with Crippen LogP contribution in [0.5, 0.6) is 0 Å². The number of nitrogens with one attached hydrogen (secondary N) is 1. The fourth-order valence-corrected chi connectivity index (χ4v) is 2.81. The van der Waals surface area contributed by atoms with Crippen molar-refractivity contribution in [1.29, 1.82) is 0 Å². The predicted molar refractivity (Wildman–Crippen MR) is 83.4 cm³/mol. The average Bonchev–Trinajstić information content (AvgIpc) is 2.38. The Morgan fingerprint density at radius 3 is 2.25 bits per heavy atom. The lowest BCUT2D eigenvalue weighted by Gasteiger charge is -2.17. The molecule has 0 saturated carbocycles. The van der Waals surface area contributed by atoms with Crippen molar-refractivity contribution in [3.8, 4) is 0 Å². The molecule has 0 radical (unpaired) electrons. The van der Waals surface area contributed by atoms with Gasteiger partial charge in [0.1, 0.15) is 5.82 Å². The zero-order valence-electron chi connectivity index (χ0n) is 10.8. The Morgan fingerprint density at radius 2 is 1.70 bits per heavy atom. The molecule has 1 unspecified atom stereocenters. The van der Waals surface area contributed by atoms with Crippen LogP contribution in [0.1, 0.15) is 17.2 Å². The molecular formula is C15H13Cl3FN. The van der Waals surface area contributed by atoms with E-state index < -0.39 is 5.82 Å². The first-order valence-corrected chi connectivity index (χ1v) is 7.20. The molecule has 0 aliphatic rings. The van der Waals surface area contributed by atoms with E-state index in [4.69, 9.17) is 34.8 Å². The zero-order chi connectivity index (χ0) is 14.7. The number of benzene rings is 2. The van der Waals surface area contributed by atoms with Crippen molar-refractivity contribution in [2.24, 2.45) is 0 Å². The lowest BCUT2D eigenvalue weighted by Crippen LogP contribution is -2.18. The molecule has 5 heteroatoms. The Kier molecular flexibility index (Phi) is 5.28. The van der Waals surface area contributed by atoms with Crippen molar-refractivity contribution in [3.05, 3.63) is 68.4 Å². The molecule has 0 spiro atoms. The summed E-state index contributed by atoms with van der Waals surface area (Å²) in [7, 11) is 1.85. The Bertz CT molecular complexity index is 596. The number of hydrogen-bond acceptors (Lipinski definition) is 1. The van der Waals surface area contributed by atoms with Gasteiger partial charge in [0.15, 0.2) is 0 Å². The van der Waals surface area contributed by atoms with Crippen LogP contribution in [-0.2, 0) is 6.42 Å². The maximum absolute atomic E-state index is 13.2. The third-order valence-corrected chi connectivity index (χ3v) is 3.79. The highest BCUT2D eigenvalue weighted by Gasteiger charge is 2.13. The molecule has 2 aromatic carbocycles. The molecule has 2 rings (SSSR count). The van der Waals surface area contributed by atoms with Crippen molar-refractivity contribution >= 4 is 34.8 Å². The van der Waals surface area contributed by atoms with Crippen molar-refractivity contribution in [3.63, 3.8) is 0 Å². The minimum absolute atomic E-state index is 0.0210. The molecule has 1 nitrogen and oxygen atoms in total. The molecule has 2 aromatic rings. The van der Waals surface area contributed by atoms with Crippen molar-refractivity contribution < 1.29 is 4.39 Å². The van der Waals surface area contributed by atoms with E-state index in [0.717, 1.165) is 11.1 Å². The lowest BCUT2D eigenvalue weighted by molar-refractivity contribution is 0.589. The Hall–Kier alpha value is -0.800. The molecular weight excluding hydrogens is 320 g/mol. The minimum Gasteiger partial charge on any atom is -0.313 e. The summed E-state index contributed by atoms with van der Waals surface area (Å²) in [5.41, 5.74) is 1.91. The van der Waals surface area contributed by atoms with Gasteiger partial charge in [-0.3, -0.25) is 0 Å². The molecule has 0 aliphatic heterocycles. The van der Waals surface area contributed by atoms with Gasteiger partial charge >= 0.3 is 0 Å². The first-order chi connectivity index (χ1) is 9.49. The van der Waals surface area contributed by atoms with E-state index in [9.17, 15) is 4.39 Å². The van der Waals surface area contributed by atoms with Crippen LogP contribution >= 0.6 is 34.8 Å². The molecule has 1 N–H and O–H groups in total. The summed E-state index contributed by atoms with van der Waals surface area (Å²) in [6, 6.07) is 10.2. The summed E-state index contributed by atoms with van der Waals surface area (Å²) in [5.74, 6) is -0.415. The average molecular weight is 333 g/mol. The van der Waals surface area contributed by atoms with Crippen molar-refractivity contribution in [1.82, 2.24) is 5.32 Å². The van der Waals surface area contributed by atoms with Gasteiger partial charge in [0.05, 0.1) is 5.02 Å². The van der Waals surface area contributed by atoms with Crippen LogP contribution in [0.15, 0.2) is 36.4 Å². The number of halogens is 4. The number of hydrogen-bond donors (Lipinski definition) is 1. The van der Waals surface area contributed by atoms with Crippen LogP contribution in [-0.4, -0.2) is 7.05 Å². The molecule has 20 heavy (non-hydrogen) atoms. The highest BCUT2D eigenvalue weighted by Crippen LogP contribution is 2.26. The van der Waals surface area contributed by atoms with Crippen LogP contribution in [0.25, 0.3) is 0 Å². The second kappa shape index (κ2) is 6.77. The first kappa shape index (κ1) is 15.6. The summed E-state index contributed by atoms with van der Waals surface area (Å²) in [6.07, 6.45) is 0.660. The second-order valence-corrected chi connectivity index (χ2v) is 5.78. The van der Waals surface area contributed by atoms with Crippen LogP contribution in [0.2, 0.25) is 15.1 Å². The van der Waals surface area contributed by atoms with Gasteiger partial charge in [0.25, 0.3) is 0 Å². The summed E-state index contributed by atoms with van der Waals surface area (Å²) < 4.78 is 13.2. The topological polar surface area (TPSA) is 12.0 Å². The van der Waals surface area contributed by atoms with Gasteiger partial charge < -0.3 is 5.32 Å². The van der Waals surface area contributed by atoms with Crippen molar-refractivity contribution in [2.45, 2.75) is 12.5 Å². The van der Waals surface area contributed by atoms with Gasteiger partial charge in [0, 0.05) is 16.1 Å². The van der Waals surface area contributed by atoms with E-state index in [-0.39, 0.29) is 11.1 Å². The molecule has 0 saturated heterocycles. The van der Waals surface area contributed by atoms with E-state index in [1.165, 1.54) is 6.07 Å². The molecule has 0 fully saturated rings. The maximum Gasteiger partial charge on any atom is 0.141 e.